The molecule has 0 amide bonds. The van der Waals surface area contributed by atoms with Crippen molar-refractivity contribution < 1.29 is 13.9 Å². The van der Waals surface area contributed by atoms with Gasteiger partial charge < -0.3 is 34.3 Å². The van der Waals surface area contributed by atoms with Gasteiger partial charge in [0.05, 0.1) is 7.11 Å². The summed E-state index contributed by atoms with van der Waals surface area (Å²) in [5.74, 6) is 2.37. The maximum Gasteiger partial charge on any atom is 0.137 e. The molecular weight excluding hydrogens is 512 g/mol. The Labute approximate surface area is 245 Å². The number of nitrogens with one attached hydrogen (secondary N) is 2. The van der Waals surface area contributed by atoms with Crippen molar-refractivity contribution in [3.8, 4) is 0 Å². The number of allylic oxidation sites excluding steroid dienone is 2. The lowest BCUT2D eigenvalue weighted by molar-refractivity contribution is 0.0846. The number of likely N-dealkylation sites (tertiary alicyclic amines) is 1. The molecule has 0 aliphatic carbocycles. The summed E-state index contributed by atoms with van der Waals surface area (Å²) in [5.41, 5.74) is 8.46. The molecule has 0 saturated carbocycles. The monoisotopic (exact) mass is 560 g/mol. The third-order valence-corrected chi connectivity index (χ3v) is 9.04. The summed E-state index contributed by atoms with van der Waals surface area (Å²) in [6.07, 6.45) is 7.24. The summed E-state index contributed by atoms with van der Waals surface area (Å²) < 4.78 is 18.1. The quantitative estimate of drug-likeness (QED) is 0.354. The van der Waals surface area contributed by atoms with E-state index in [2.05, 4.69) is 66.6 Å². The smallest absolute Gasteiger partial charge is 0.137 e. The number of fused-ring (bicyclic) bond motifs is 1. The minimum absolute atomic E-state index is 0.444. The molecule has 0 unspecified atom stereocenters. The first-order valence-corrected chi connectivity index (χ1v) is 15.3. The molecule has 3 aliphatic heterocycles. The number of benzene rings is 1. The van der Waals surface area contributed by atoms with Crippen LogP contribution >= 0.6 is 0 Å². The number of dihydropyridines is 1. The molecule has 0 bridgehead atoms. The van der Waals surface area contributed by atoms with E-state index in [9.17, 15) is 0 Å². The van der Waals surface area contributed by atoms with Crippen LogP contribution < -0.4 is 15.5 Å². The fourth-order valence-electron chi connectivity index (χ4n) is 6.75. The molecule has 1 aromatic carbocycles. The first-order valence-electron chi connectivity index (χ1n) is 15.3. The van der Waals surface area contributed by atoms with Crippen molar-refractivity contribution >= 4 is 22.4 Å². The summed E-state index contributed by atoms with van der Waals surface area (Å²) in [6, 6.07) is 5.05. The number of hydrogen-bond donors (Lipinski definition) is 2. The van der Waals surface area contributed by atoms with Crippen LogP contribution in [0.4, 0.5) is 5.69 Å². The number of methoxy groups -OCH3 is 1. The van der Waals surface area contributed by atoms with Crippen LogP contribution in [0.25, 0.3) is 16.7 Å². The Morgan fingerprint density at radius 1 is 1.17 bits per heavy atom. The van der Waals surface area contributed by atoms with Gasteiger partial charge in [-0.3, -0.25) is 0 Å². The van der Waals surface area contributed by atoms with Gasteiger partial charge in [0.25, 0.3) is 0 Å². The van der Waals surface area contributed by atoms with Gasteiger partial charge in [0.1, 0.15) is 17.1 Å². The number of nitrogens with zero attached hydrogens (tertiary/aromatic N) is 2. The zero-order chi connectivity index (χ0) is 29.1. The fourth-order valence-corrected chi connectivity index (χ4v) is 6.75. The lowest BCUT2D eigenvalue weighted by atomic mass is 9.92. The Balaban J connectivity index is 1.57. The van der Waals surface area contributed by atoms with Gasteiger partial charge in [-0.05, 0) is 83.8 Å². The average molecular weight is 561 g/mol. The predicted molar refractivity (Wildman–Crippen MR) is 169 cm³/mol. The van der Waals surface area contributed by atoms with Gasteiger partial charge in [-0.2, -0.15) is 0 Å². The van der Waals surface area contributed by atoms with E-state index in [4.69, 9.17) is 13.9 Å². The Kier molecular flexibility index (Phi) is 9.15. The van der Waals surface area contributed by atoms with E-state index in [1.165, 1.54) is 11.3 Å². The van der Waals surface area contributed by atoms with Gasteiger partial charge in [0.15, 0.2) is 0 Å². The third kappa shape index (κ3) is 6.07. The van der Waals surface area contributed by atoms with Crippen LogP contribution in [0.2, 0.25) is 0 Å². The second-order valence-corrected chi connectivity index (χ2v) is 11.7. The highest BCUT2D eigenvalue weighted by molar-refractivity contribution is 5.96. The molecule has 2 fully saturated rings. The van der Waals surface area contributed by atoms with E-state index in [1.807, 2.05) is 13.0 Å². The van der Waals surface area contributed by atoms with Gasteiger partial charge in [-0.15, -0.1) is 0 Å². The maximum absolute atomic E-state index is 6.71. The molecule has 7 heteroatoms. The summed E-state index contributed by atoms with van der Waals surface area (Å²) in [4.78, 5) is 4.98. The zero-order valence-corrected chi connectivity index (χ0v) is 25.7. The van der Waals surface area contributed by atoms with Crippen LogP contribution in [0.3, 0.4) is 0 Å². The Hall–Kier alpha value is -3.16. The Morgan fingerprint density at radius 3 is 2.56 bits per heavy atom. The van der Waals surface area contributed by atoms with E-state index in [-0.39, 0.29) is 0 Å². The van der Waals surface area contributed by atoms with Crippen LogP contribution in [0.1, 0.15) is 69.3 Å². The lowest BCUT2D eigenvalue weighted by Crippen LogP contribution is -2.40. The van der Waals surface area contributed by atoms with Crippen LogP contribution in [0.15, 0.2) is 58.5 Å². The molecule has 7 nitrogen and oxygen atoms in total. The van der Waals surface area contributed by atoms with Crippen molar-refractivity contribution in [2.75, 3.05) is 58.5 Å². The second kappa shape index (κ2) is 12.8. The van der Waals surface area contributed by atoms with E-state index < -0.39 is 0 Å². The number of piperidine rings is 1. The normalized spacial score (nSPS) is 19.3. The van der Waals surface area contributed by atoms with E-state index in [1.54, 1.807) is 7.11 Å². The van der Waals surface area contributed by atoms with Gasteiger partial charge in [-0.1, -0.05) is 20.1 Å². The molecule has 1 aromatic heterocycles. The molecule has 2 N–H and O–H groups in total. The Bertz CT molecular complexity index is 1340. The summed E-state index contributed by atoms with van der Waals surface area (Å²) >= 11 is 0. The topological polar surface area (TPSA) is 62.1 Å². The number of anilines is 1. The molecule has 0 spiro atoms. The van der Waals surface area contributed by atoms with Gasteiger partial charge in [-0.25, -0.2) is 0 Å². The highest BCUT2D eigenvalue weighted by Crippen LogP contribution is 2.41. The molecule has 222 valence electrons. The van der Waals surface area contributed by atoms with E-state index >= 15 is 0 Å². The average Bonchev–Trinajstić information content (AvgIpc) is 3.40. The summed E-state index contributed by atoms with van der Waals surface area (Å²) in [5, 5.41) is 8.15. The van der Waals surface area contributed by atoms with Gasteiger partial charge in [0, 0.05) is 83.6 Å². The minimum atomic E-state index is 0.444. The van der Waals surface area contributed by atoms with Crippen molar-refractivity contribution in [1.82, 2.24) is 15.5 Å². The second-order valence-electron chi connectivity index (χ2n) is 11.7. The molecule has 2 aromatic rings. The summed E-state index contributed by atoms with van der Waals surface area (Å²) in [7, 11) is 3.91. The third-order valence-electron chi connectivity index (χ3n) is 9.04. The largest absolute Gasteiger partial charge is 0.496 e. The van der Waals surface area contributed by atoms with E-state index in [0.29, 0.717) is 18.5 Å². The number of furan rings is 1. The van der Waals surface area contributed by atoms with Crippen molar-refractivity contribution in [2.45, 2.75) is 64.8 Å². The molecular formula is C34H48N4O3. The van der Waals surface area contributed by atoms with Crippen LogP contribution in [0, 0.1) is 0 Å². The van der Waals surface area contributed by atoms with E-state index in [0.717, 1.165) is 116 Å². The highest BCUT2D eigenvalue weighted by atomic mass is 16.5. The van der Waals surface area contributed by atoms with Crippen LogP contribution in [-0.4, -0.2) is 64.5 Å². The fraction of sp³-hybridized carbons (Fsp3) is 0.529. The number of ether oxygens (including phenoxy) is 2. The first kappa shape index (κ1) is 29.3. The SMILES string of the molecule is C=C1NC(C)=CC(OC)=C1CNC(=C)c1c(CC)c(N(CC)C2CCOCC2)cc2oc(C3CCN(C)CC3)cc12. The zero-order valence-electron chi connectivity index (χ0n) is 25.7. The lowest BCUT2D eigenvalue weighted by Gasteiger charge is -2.37. The number of hydrogen-bond acceptors (Lipinski definition) is 7. The van der Waals surface area contributed by atoms with Gasteiger partial charge >= 0.3 is 0 Å². The molecule has 41 heavy (non-hydrogen) atoms. The molecule has 0 atom stereocenters. The standard InChI is InChI=1S/C34H48N4O3/c1-8-27-30(38(9-2)26-12-16-40-17-13-26)20-33-28(19-31(41-33)25-10-14-37(6)15-11-25)34(27)24(5)35-21-29-23(4)36-22(3)18-32(29)39-7/h18-20,25-26,35-36H,4-5,8-17,21H2,1-3,6-7H3. The van der Waals surface area contributed by atoms with Crippen molar-refractivity contribution in [3.05, 3.63) is 71.0 Å². The van der Waals surface area contributed by atoms with Gasteiger partial charge in [0.2, 0.25) is 0 Å². The summed E-state index contributed by atoms with van der Waals surface area (Å²) in [6.45, 7) is 20.7. The van der Waals surface area contributed by atoms with Crippen molar-refractivity contribution in [3.63, 3.8) is 0 Å². The van der Waals surface area contributed by atoms with Crippen molar-refractivity contribution in [2.24, 2.45) is 0 Å². The highest BCUT2D eigenvalue weighted by Gasteiger charge is 2.28. The minimum Gasteiger partial charge on any atom is -0.496 e. The molecule has 0 radical (unpaired) electrons. The number of rotatable bonds is 10. The maximum atomic E-state index is 6.71. The van der Waals surface area contributed by atoms with Crippen molar-refractivity contribution in [1.29, 1.82) is 0 Å². The van der Waals surface area contributed by atoms with Crippen LogP contribution in [0.5, 0.6) is 0 Å². The molecule has 3 aliphatic rings. The molecule has 4 heterocycles. The predicted octanol–water partition coefficient (Wildman–Crippen LogP) is 6.29. The van der Waals surface area contributed by atoms with Crippen LogP contribution in [-0.2, 0) is 15.9 Å². The Morgan fingerprint density at radius 2 is 1.90 bits per heavy atom. The molecule has 5 rings (SSSR count). The molecule has 2 saturated heterocycles. The first-order chi connectivity index (χ1) is 19.8.